The maximum atomic E-state index is 12.6. The molecule has 3 aromatic carbocycles. The highest BCUT2D eigenvalue weighted by Crippen LogP contribution is 2.35. The van der Waals surface area contributed by atoms with Crippen LogP contribution in [0.2, 0.25) is 5.02 Å². The Labute approximate surface area is 181 Å². The highest BCUT2D eigenvalue weighted by Gasteiger charge is 2.28. The summed E-state index contributed by atoms with van der Waals surface area (Å²) >= 11 is 5.82. The van der Waals surface area contributed by atoms with E-state index in [1.54, 1.807) is 42.5 Å². The maximum absolute atomic E-state index is 12.6. The van der Waals surface area contributed by atoms with Gasteiger partial charge in [0.15, 0.2) is 18.1 Å². The van der Waals surface area contributed by atoms with Crippen LogP contribution >= 0.6 is 11.6 Å². The van der Waals surface area contributed by atoms with Crippen LogP contribution in [0.25, 0.3) is 6.08 Å². The van der Waals surface area contributed by atoms with Crippen LogP contribution in [-0.4, -0.2) is 23.1 Å². The number of ether oxygens (including phenoxy) is 2. The van der Waals surface area contributed by atoms with Gasteiger partial charge in [0.1, 0.15) is 11.5 Å². The quantitative estimate of drug-likeness (QED) is 0.230. The van der Waals surface area contributed by atoms with Crippen molar-refractivity contribution >= 4 is 34.9 Å². The van der Waals surface area contributed by atoms with E-state index >= 15 is 0 Å². The van der Waals surface area contributed by atoms with E-state index in [-0.39, 0.29) is 35.4 Å². The highest BCUT2D eigenvalue weighted by atomic mass is 35.5. The van der Waals surface area contributed by atoms with Gasteiger partial charge in [-0.15, -0.1) is 0 Å². The van der Waals surface area contributed by atoms with Gasteiger partial charge in [0.25, 0.3) is 5.69 Å². The van der Waals surface area contributed by atoms with Gasteiger partial charge in [-0.1, -0.05) is 23.7 Å². The summed E-state index contributed by atoms with van der Waals surface area (Å²) in [7, 11) is 0. The largest absolute Gasteiger partial charge is 0.485 e. The molecule has 4 rings (SSSR count). The number of carbonyl (C=O) groups excluding carboxylic acids is 2. The summed E-state index contributed by atoms with van der Waals surface area (Å²) in [6.07, 6.45) is 1.44. The lowest BCUT2D eigenvalue weighted by Crippen LogP contribution is -2.11. The van der Waals surface area contributed by atoms with E-state index in [9.17, 15) is 19.7 Å². The van der Waals surface area contributed by atoms with Crippen molar-refractivity contribution in [3.05, 3.63) is 104 Å². The number of ketones is 2. The van der Waals surface area contributed by atoms with Crippen LogP contribution in [-0.2, 0) is 0 Å². The molecule has 0 N–H and O–H groups in total. The number of halogens is 1. The average molecular weight is 436 g/mol. The van der Waals surface area contributed by atoms with Crippen molar-refractivity contribution < 1.29 is 24.0 Å². The molecule has 1 heterocycles. The Morgan fingerprint density at radius 1 is 1.10 bits per heavy atom. The number of nitro groups is 1. The smallest absolute Gasteiger partial charge is 0.270 e. The molecule has 1 aliphatic rings. The standard InChI is InChI=1S/C23H14ClNO6/c24-16-6-4-15(5-7-16)20(26)13-30-18-8-9-19-21(12-18)31-22(23(19)27)11-14-2-1-3-17(10-14)25(28)29/h1-12H,13H2. The molecule has 0 bridgehead atoms. The topological polar surface area (TPSA) is 95.7 Å². The second-order valence-electron chi connectivity index (χ2n) is 6.67. The van der Waals surface area contributed by atoms with E-state index in [0.29, 0.717) is 27.5 Å². The van der Waals surface area contributed by atoms with Crippen LogP contribution in [0.15, 0.2) is 72.5 Å². The van der Waals surface area contributed by atoms with Crippen LogP contribution in [0, 0.1) is 10.1 Å². The molecule has 7 nitrogen and oxygen atoms in total. The van der Waals surface area contributed by atoms with Crippen molar-refractivity contribution in [2.45, 2.75) is 0 Å². The first-order valence-corrected chi connectivity index (χ1v) is 9.53. The molecule has 0 saturated carbocycles. The van der Waals surface area contributed by atoms with Crippen LogP contribution < -0.4 is 9.47 Å². The van der Waals surface area contributed by atoms with Crippen LogP contribution in [0.5, 0.6) is 11.5 Å². The lowest BCUT2D eigenvalue weighted by Gasteiger charge is -2.07. The number of non-ortho nitro benzene ring substituents is 1. The Morgan fingerprint density at radius 2 is 1.87 bits per heavy atom. The molecule has 1 aliphatic heterocycles. The Morgan fingerprint density at radius 3 is 2.61 bits per heavy atom. The third-order valence-electron chi connectivity index (χ3n) is 4.56. The van der Waals surface area contributed by atoms with Crippen LogP contribution in [0.3, 0.4) is 0 Å². The molecule has 0 saturated heterocycles. The van der Waals surface area contributed by atoms with Gasteiger partial charge in [-0.25, -0.2) is 0 Å². The Balaban J connectivity index is 1.48. The second kappa shape index (κ2) is 8.41. The number of fused-ring (bicyclic) bond motifs is 1. The number of benzene rings is 3. The second-order valence-corrected chi connectivity index (χ2v) is 7.11. The number of nitro benzene ring substituents is 1. The monoisotopic (exact) mass is 435 g/mol. The number of rotatable bonds is 6. The first-order valence-electron chi connectivity index (χ1n) is 9.15. The first-order chi connectivity index (χ1) is 14.9. The molecule has 3 aromatic rings. The Kier molecular flexibility index (Phi) is 5.51. The van der Waals surface area contributed by atoms with Gasteiger partial charge >= 0.3 is 0 Å². The number of allylic oxidation sites excluding steroid dienone is 1. The fourth-order valence-corrected chi connectivity index (χ4v) is 3.13. The minimum absolute atomic E-state index is 0.0462. The van der Waals surface area contributed by atoms with Gasteiger partial charge in [-0.05, 0) is 48.0 Å². The summed E-state index contributed by atoms with van der Waals surface area (Å²) in [5, 5.41) is 11.5. The summed E-state index contributed by atoms with van der Waals surface area (Å²) < 4.78 is 11.2. The predicted octanol–water partition coefficient (Wildman–Crippen LogP) is 5.13. The Hall–Kier alpha value is -3.97. The molecule has 0 aromatic heterocycles. The minimum Gasteiger partial charge on any atom is -0.485 e. The molecule has 0 atom stereocenters. The van der Waals surface area contributed by atoms with Gasteiger partial charge in [-0.2, -0.15) is 0 Å². The molecule has 0 unspecified atom stereocenters. The minimum atomic E-state index is -0.511. The maximum Gasteiger partial charge on any atom is 0.270 e. The highest BCUT2D eigenvalue weighted by molar-refractivity contribution is 6.30. The normalized spacial score (nSPS) is 13.6. The van der Waals surface area contributed by atoms with Crippen molar-refractivity contribution in [3.8, 4) is 11.5 Å². The van der Waals surface area contributed by atoms with Gasteiger partial charge in [0.2, 0.25) is 5.78 Å². The van der Waals surface area contributed by atoms with E-state index in [1.807, 2.05) is 0 Å². The molecule has 0 amide bonds. The molecule has 0 spiro atoms. The number of hydrogen-bond acceptors (Lipinski definition) is 6. The van der Waals surface area contributed by atoms with Crippen molar-refractivity contribution in [1.82, 2.24) is 0 Å². The third-order valence-corrected chi connectivity index (χ3v) is 4.81. The summed E-state index contributed by atoms with van der Waals surface area (Å²) in [4.78, 5) is 35.2. The summed E-state index contributed by atoms with van der Waals surface area (Å²) in [6.45, 7) is -0.190. The number of Topliss-reactive ketones (excluding diaryl/α,β-unsaturated/α-hetero) is 2. The zero-order valence-electron chi connectivity index (χ0n) is 15.9. The molecule has 0 radical (unpaired) electrons. The third kappa shape index (κ3) is 4.46. The zero-order chi connectivity index (χ0) is 22.0. The SMILES string of the molecule is O=C(COc1ccc2c(c1)OC(=Cc1cccc([N+](=O)[O-])c1)C2=O)c1ccc(Cl)cc1. The van der Waals surface area contributed by atoms with Crippen molar-refractivity contribution in [3.63, 3.8) is 0 Å². The van der Waals surface area contributed by atoms with E-state index in [1.165, 1.54) is 30.3 Å². The first kappa shape index (κ1) is 20.3. The fourth-order valence-electron chi connectivity index (χ4n) is 3.00. The summed E-state index contributed by atoms with van der Waals surface area (Å²) in [6, 6.07) is 17.0. The Bertz CT molecular complexity index is 1230. The lowest BCUT2D eigenvalue weighted by atomic mass is 10.1. The van der Waals surface area contributed by atoms with Crippen LogP contribution in [0.4, 0.5) is 5.69 Å². The molecular weight excluding hydrogens is 422 g/mol. The van der Waals surface area contributed by atoms with E-state index in [4.69, 9.17) is 21.1 Å². The number of carbonyl (C=O) groups is 2. The summed E-state index contributed by atoms with van der Waals surface area (Å²) in [5.74, 6) is 0.138. The summed E-state index contributed by atoms with van der Waals surface area (Å²) in [5.41, 5.74) is 1.20. The average Bonchev–Trinajstić information content (AvgIpc) is 3.07. The fraction of sp³-hybridized carbons (Fsp3) is 0.0435. The van der Waals surface area contributed by atoms with E-state index in [0.717, 1.165) is 0 Å². The molecule has 31 heavy (non-hydrogen) atoms. The molecular formula is C23H14ClNO6. The van der Waals surface area contributed by atoms with Crippen LogP contribution in [0.1, 0.15) is 26.3 Å². The number of hydrogen-bond donors (Lipinski definition) is 0. The van der Waals surface area contributed by atoms with E-state index in [2.05, 4.69) is 0 Å². The zero-order valence-corrected chi connectivity index (χ0v) is 16.7. The molecule has 8 heteroatoms. The van der Waals surface area contributed by atoms with Gasteiger partial charge < -0.3 is 9.47 Å². The van der Waals surface area contributed by atoms with Crippen molar-refractivity contribution in [2.75, 3.05) is 6.61 Å². The molecule has 0 fully saturated rings. The van der Waals surface area contributed by atoms with Gasteiger partial charge in [0, 0.05) is 28.8 Å². The predicted molar refractivity (Wildman–Crippen MR) is 114 cm³/mol. The number of nitrogens with zero attached hydrogens (tertiary/aromatic N) is 1. The van der Waals surface area contributed by atoms with E-state index < -0.39 is 4.92 Å². The molecule has 0 aliphatic carbocycles. The van der Waals surface area contributed by atoms with Gasteiger partial charge in [-0.3, -0.25) is 19.7 Å². The molecule has 154 valence electrons. The lowest BCUT2D eigenvalue weighted by molar-refractivity contribution is -0.384. The van der Waals surface area contributed by atoms with Crippen molar-refractivity contribution in [1.29, 1.82) is 0 Å². The van der Waals surface area contributed by atoms with Gasteiger partial charge in [0.05, 0.1) is 10.5 Å². The van der Waals surface area contributed by atoms with Crippen molar-refractivity contribution in [2.24, 2.45) is 0 Å².